The van der Waals surface area contributed by atoms with Crippen molar-refractivity contribution >= 4 is 23.1 Å². The van der Waals surface area contributed by atoms with Crippen LogP contribution >= 0.6 is 0 Å². The number of aryl methyl sites for hydroxylation is 2. The minimum atomic E-state index is -0.385. The van der Waals surface area contributed by atoms with Crippen LogP contribution in [-0.2, 0) is 9.59 Å². The summed E-state index contributed by atoms with van der Waals surface area (Å²) in [4.78, 5) is 29.7. The smallest absolute Gasteiger partial charge is 0.282 e. The lowest BCUT2D eigenvalue weighted by Gasteiger charge is -2.21. The Morgan fingerprint density at radius 2 is 1.73 bits per heavy atom. The number of imide groups is 1. The van der Waals surface area contributed by atoms with Gasteiger partial charge in [-0.05, 0) is 49.6 Å². The number of hydrogen-bond donors (Lipinski definition) is 1. The summed E-state index contributed by atoms with van der Waals surface area (Å²) in [7, 11) is 1.71. The van der Waals surface area contributed by atoms with E-state index in [1.807, 2.05) is 32.9 Å². The summed E-state index contributed by atoms with van der Waals surface area (Å²) < 4.78 is 5.63. The number of nitrogens with zero attached hydrogens (tertiary/aromatic N) is 2. The number of ether oxygens (including phenoxy) is 1. The number of aliphatic hydroxyl groups excluding tert-OH is 1. The number of amides is 2. The Labute approximate surface area is 177 Å². The zero-order valence-electron chi connectivity index (χ0n) is 17.9. The second-order valence-electron chi connectivity index (χ2n) is 7.48. The Balaban J connectivity index is 2.06. The molecule has 6 heteroatoms. The number of carbonyl (C=O) groups excluding carboxylic acids is 2. The van der Waals surface area contributed by atoms with Crippen LogP contribution in [0.15, 0.2) is 48.2 Å². The minimum Gasteiger partial charge on any atom is -0.494 e. The maximum atomic E-state index is 13.5. The lowest BCUT2D eigenvalue weighted by molar-refractivity contribution is -0.120. The number of aliphatic hydroxyl groups is 1. The summed E-state index contributed by atoms with van der Waals surface area (Å²) in [5.74, 6) is -0.0346. The monoisotopic (exact) mass is 408 g/mol. The van der Waals surface area contributed by atoms with Gasteiger partial charge in [0.15, 0.2) is 0 Å². The molecule has 158 valence electrons. The molecular formula is C24H28N2O4. The first-order valence-corrected chi connectivity index (χ1v) is 10.1. The van der Waals surface area contributed by atoms with E-state index < -0.39 is 0 Å². The highest BCUT2D eigenvalue weighted by atomic mass is 16.5. The normalized spacial score (nSPS) is 14.0. The minimum absolute atomic E-state index is 0.123. The van der Waals surface area contributed by atoms with Gasteiger partial charge >= 0.3 is 0 Å². The topological polar surface area (TPSA) is 70.1 Å². The van der Waals surface area contributed by atoms with Crippen molar-refractivity contribution < 1.29 is 19.4 Å². The molecule has 1 N–H and O–H groups in total. The molecule has 0 aromatic heterocycles. The second kappa shape index (κ2) is 9.13. The Kier molecular flexibility index (Phi) is 6.57. The molecule has 2 amide bonds. The van der Waals surface area contributed by atoms with Crippen molar-refractivity contribution in [1.29, 1.82) is 0 Å². The Bertz CT molecular complexity index is 979. The molecule has 0 unspecified atom stereocenters. The lowest BCUT2D eigenvalue weighted by Crippen LogP contribution is -2.35. The molecule has 6 nitrogen and oxygen atoms in total. The summed E-state index contributed by atoms with van der Waals surface area (Å²) in [6.45, 7) is 6.63. The summed E-state index contributed by atoms with van der Waals surface area (Å²) in [5.41, 5.74) is 3.75. The number of carbonyl (C=O) groups is 2. The molecule has 1 aliphatic rings. The van der Waals surface area contributed by atoms with E-state index >= 15 is 0 Å². The zero-order valence-corrected chi connectivity index (χ0v) is 17.9. The van der Waals surface area contributed by atoms with Gasteiger partial charge in [-0.3, -0.25) is 9.59 Å². The molecule has 3 rings (SSSR count). The van der Waals surface area contributed by atoms with E-state index in [2.05, 4.69) is 0 Å². The molecule has 0 bridgehead atoms. The van der Waals surface area contributed by atoms with Gasteiger partial charge in [-0.15, -0.1) is 0 Å². The van der Waals surface area contributed by atoms with Crippen LogP contribution in [0.1, 0.15) is 30.0 Å². The largest absolute Gasteiger partial charge is 0.494 e. The second-order valence-corrected chi connectivity index (χ2v) is 7.48. The fourth-order valence-corrected chi connectivity index (χ4v) is 3.61. The van der Waals surface area contributed by atoms with Crippen LogP contribution in [0, 0.1) is 13.8 Å². The zero-order chi connectivity index (χ0) is 21.8. The predicted octanol–water partition coefficient (Wildman–Crippen LogP) is 3.30. The maximum absolute atomic E-state index is 13.5. The van der Waals surface area contributed by atoms with Crippen molar-refractivity contribution in [3.8, 4) is 5.75 Å². The lowest BCUT2D eigenvalue weighted by atomic mass is 10.0. The number of likely N-dealkylation sites (N-methyl/N-ethyl adjacent to an activating group) is 1. The first-order chi connectivity index (χ1) is 14.4. The van der Waals surface area contributed by atoms with Gasteiger partial charge in [0.2, 0.25) is 0 Å². The fraction of sp³-hybridized carbons (Fsp3) is 0.333. The predicted molar refractivity (Wildman–Crippen MR) is 117 cm³/mol. The standard InChI is InChI=1S/C24H28N2O4/c1-5-14-30-19-9-7-18(8-10-19)21-22(25(4)12-13-27)24(29)26(23(21)28)20-11-6-16(2)15-17(20)3/h6-11,15,27H,5,12-14H2,1-4H3. The van der Waals surface area contributed by atoms with Crippen molar-refractivity contribution in [3.05, 3.63) is 64.9 Å². The average molecular weight is 408 g/mol. The van der Waals surface area contributed by atoms with E-state index in [1.165, 1.54) is 4.90 Å². The van der Waals surface area contributed by atoms with E-state index in [0.717, 1.165) is 23.3 Å². The average Bonchev–Trinajstić information content (AvgIpc) is 2.97. The maximum Gasteiger partial charge on any atom is 0.282 e. The summed E-state index contributed by atoms with van der Waals surface area (Å²) in [5, 5.41) is 9.39. The third-order valence-electron chi connectivity index (χ3n) is 5.09. The van der Waals surface area contributed by atoms with Gasteiger partial charge in [0.25, 0.3) is 11.8 Å². The van der Waals surface area contributed by atoms with E-state index in [-0.39, 0.29) is 30.7 Å². The first kappa shape index (κ1) is 21.6. The van der Waals surface area contributed by atoms with Gasteiger partial charge < -0.3 is 14.7 Å². The molecule has 2 aromatic carbocycles. The van der Waals surface area contributed by atoms with Crippen LogP contribution in [-0.4, -0.2) is 48.6 Å². The molecular weight excluding hydrogens is 380 g/mol. The Morgan fingerprint density at radius 1 is 1.03 bits per heavy atom. The van der Waals surface area contributed by atoms with Crippen molar-refractivity contribution in [2.75, 3.05) is 31.7 Å². The SMILES string of the molecule is CCCOc1ccc(C2=C(N(C)CCO)C(=O)N(c3ccc(C)cc3C)C2=O)cc1. The van der Waals surface area contributed by atoms with Gasteiger partial charge in [-0.1, -0.05) is 36.8 Å². The summed E-state index contributed by atoms with van der Waals surface area (Å²) >= 11 is 0. The molecule has 0 atom stereocenters. The molecule has 0 fully saturated rings. The van der Waals surface area contributed by atoms with Gasteiger partial charge in [0.1, 0.15) is 11.4 Å². The van der Waals surface area contributed by atoms with E-state index in [0.29, 0.717) is 23.4 Å². The van der Waals surface area contributed by atoms with Crippen molar-refractivity contribution in [1.82, 2.24) is 4.90 Å². The third-order valence-corrected chi connectivity index (χ3v) is 5.09. The fourth-order valence-electron chi connectivity index (χ4n) is 3.61. The third kappa shape index (κ3) is 4.09. The van der Waals surface area contributed by atoms with E-state index in [4.69, 9.17) is 4.74 Å². The van der Waals surface area contributed by atoms with Crippen molar-refractivity contribution in [3.63, 3.8) is 0 Å². The Morgan fingerprint density at radius 3 is 2.33 bits per heavy atom. The summed E-state index contributed by atoms with van der Waals surface area (Å²) in [6.07, 6.45) is 0.904. The molecule has 0 saturated carbocycles. The highest BCUT2D eigenvalue weighted by molar-refractivity contribution is 6.45. The number of benzene rings is 2. The Hall–Kier alpha value is -3.12. The molecule has 0 saturated heterocycles. The molecule has 1 heterocycles. The highest BCUT2D eigenvalue weighted by Crippen LogP contribution is 2.36. The van der Waals surface area contributed by atoms with Gasteiger partial charge in [-0.2, -0.15) is 0 Å². The van der Waals surface area contributed by atoms with E-state index in [9.17, 15) is 14.7 Å². The molecule has 2 aromatic rings. The van der Waals surface area contributed by atoms with E-state index in [1.54, 1.807) is 42.3 Å². The first-order valence-electron chi connectivity index (χ1n) is 10.1. The van der Waals surface area contributed by atoms with Crippen LogP contribution < -0.4 is 9.64 Å². The van der Waals surface area contributed by atoms with Crippen molar-refractivity contribution in [2.45, 2.75) is 27.2 Å². The molecule has 0 radical (unpaired) electrons. The highest BCUT2D eigenvalue weighted by Gasteiger charge is 2.42. The summed E-state index contributed by atoms with van der Waals surface area (Å²) in [6, 6.07) is 12.8. The van der Waals surface area contributed by atoms with Gasteiger partial charge in [0.05, 0.1) is 24.5 Å². The molecule has 30 heavy (non-hydrogen) atoms. The number of rotatable bonds is 8. The van der Waals surface area contributed by atoms with Crippen molar-refractivity contribution in [2.24, 2.45) is 0 Å². The van der Waals surface area contributed by atoms with Gasteiger partial charge in [-0.25, -0.2) is 4.90 Å². The van der Waals surface area contributed by atoms with Crippen LogP contribution in [0.3, 0.4) is 0 Å². The van der Waals surface area contributed by atoms with Crippen LogP contribution in [0.4, 0.5) is 5.69 Å². The molecule has 1 aliphatic heterocycles. The quantitative estimate of drug-likeness (QED) is 0.679. The molecule has 0 spiro atoms. The number of anilines is 1. The van der Waals surface area contributed by atoms with Gasteiger partial charge in [0, 0.05) is 13.6 Å². The van der Waals surface area contributed by atoms with Crippen LogP contribution in [0.25, 0.3) is 5.57 Å². The van der Waals surface area contributed by atoms with Crippen LogP contribution in [0.2, 0.25) is 0 Å². The number of hydrogen-bond acceptors (Lipinski definition) is 5. The molecule has 0 aliphatic carbocycles. The van der Waals surface area contributed by atoms with Crippen LogP contribution in [0.5, 0.6) is 5.75 Å².